The van der Waals surface area contributed by atoms with E-state index in [4.69, 9.17) is 5.73 Å². The van der Waals surface area contributed by atoms with Crippen molar-refractivity contribution in [3.05, 3.63) is 58.3 Å². The molecule has 0 amide bonds. The highest BCUT2D eigenvalue weighted by molar-refractivity contribution is 9.10. The number of halogens is 1. The Kier molecular flexibility index (Phi) is 4.41. The molecule has 0 fully saturated rings. The summed E-state index contributed by atoms with van der Waals surface area (Å²) in [5.74, 6) is 0. The SMILES string of the molecule is CCC(N)C(c1ccccc1Br)n1cccc1C#N. The molecule has 0 aliphatic heterocycles. The summed E-state index contributed by atoms with van der Waals surface area (Å²) in [4.78, 5) is 0. The number of aromatic nitrogens is 1. The van der Waals surface area contributed by atoms with Gasteiger partial charge >= 0.3 is 0 Å². The molecule has 1 heterocycles. The minimum absolute atomic E-state index is 0.0368. The van der Waals surface area contributed by atoms with Crippen molar-refractivity contribution in [2.24, 2.45) is 5.73 Å². The Hall–Kier alpha value is -1.57. The second kappa shape index (κ2) is 6.05. The number of hydrogen-bond acceptors (Lipinski definition) is 2. The summed E-state index contributed by atoms with van der Waals surface area (Å²) in [5.41, 5.74) is 8.01. The Labute approximate surface area is 121 Å². The smallest absolute Gasteiger partial charge is 0.120 e. The molecule has 4 heteroatoms. The van der Waals surface area contributed by atoms with Crippen LogP contribution in [0.4, 0.5) is 0 Å². The molecule has 0 aliphatic rings. The Morgan fingerprint density at radius 3 is 2.68 bits per heavy atom. The van der Waals surface area contributed by atoms with Crippen molar-refractivity contribution in [2.45, 2.75) is 25.4 Å². The quantitative estimate of drug-likeness (QED) is 0.939. The lowest BCUT2D eigenvalue weighted by Crippen LogP contribution is -2.33. The molecule has 2 rings (SSSR count). The number of rotatable bonds is 4. The molecular formula is C15H16BrN3. The zero-order valence-electron chi connectivity index (χ0n) is 10.8. The Morgan fingerprint density at radius 1 is 1.32 bits per heavy atom. The number of nitriles is 1. The monoisotopic (exact) mass is 317 g/mol. The van der Waals surface area contributed by atoms with Crippen LogP contribution in [-0.2, 0) is 0 Å². The van der Waals surface area contributed by atoms with Crippen molar-refractivity contribution in [2.75, 3.05) is 0 Å². The molecule has 2 aromatic rings. The third-order valence-electron chi connectivity index (χ3n) is 3.29. The van der Waals surface area contributed by atoms with E-state index >= 15 is 0 Å². The van der Waals surface area contributed by atoms with E-state index in [1.54, 1.807) is 0 Å². The highest BCUT2D eigenvalue weighted by Gasteiger charge is 2.23. The highest BCUT2D eigenvalue weighted by Crippen LogP contribution is 2.30. The van der Waals surface area contributed by atoms with E-state index in [1.807, 2.05) is 47.2 Å². The van der Waals surface area contributed by atoms with Crippen LogP contribution >= 0.6 is 15.9 Å². The van der Waals surface area contributed by atoms with Gasteiger partial charge < -0.3 is 10.3 Å². The number of hydrogen-bond donors (Lipinski definition) is 1. The predicted molar refractivity (Wildman–Crippen MR) is 79.7 cm³/mol. The number of nitrogens with zero attached hydrogens (tertiary/aromatic N) is 2. The van der Waals surface area contributed by atoms with Gasteiger partial charge in [0.2, 0.25) is 0 Å². The summed E-state index contributed by atoms with van der Waals surface area (Å²) < 4.78 is 2.97. The average molecular weight is 318 g/mol. The first kappa shape index (κ1) is 13.9. The van der Waals surface area contributed by atoms with Crippen LogP contribution in [0.5, 0.6) is 0 Å². The van der Waals surface area contributed by atoms with Crippen molar-refractivity contribution in [1.82, 2.24) is 4.57 Å². The molecule has 2 N–H and O–H groups in total. The first-order valence-corrected chi connectivity index (χ1v) is 7.05. The lowest BCUT2D eigenvalue weighted by Gasteiger charge is -2.27. The van der Waals surface area contributed by atoms with E-state index in [0.29, 0.717) is 5.69 Å². The fraction of sp³-hybridized carbons (Fsp3) is 0.267. The van der Waals surface area contributed by atoms with Gasteiger partial charge in [0.1, 0.15) is 11.8 Å². The van der Waals surface area contributed by atoms with Gasteiger partial charge in [-0.05, 0) is 30.2 Å². The van der Waals surface area contributed by atoms with Crippen LogP contribution < -0.4 is 5.73 Å². The molecule has 2 atom stereocenters. The fourth-order valence-electron chi connectivity index (χ4n) is 2.26. The van der Waals surface area contributed by atoms with Crippen LogP contribution in [0.2, 0.25) is 0 Å². The van der Waals surface area contributed by atoms with Crippen LogP contribution in [-0.4, -0.2) is 10.6 Å². The van der Waals surface area contributed by atoms with Crippen LogP contribution in [0.1, 0.15) is 30.6 Å². The minimum Gasteiger partial charge on any atom is -0.330 e. The van der Waals surface area contributed by atoms with Gasteiger partial charge in [-0.3, -0.25) is 0 Å². The Balaban J connectivity index is 2.55. The van der Waals surface area contributed by atoms with E-state index in [9.17, 15) is 5.26 Å². The summed E-state index contributed by atoms with van der Waals surface area (Å²) in [6.07, 6.45) is 2.76. The molecule has 3 nitrogen and oxygen atoms in total. The molecule has 2 unspecified atom stereocenters. The molecule has 98 valence electrons. The second-order valence-corrected chi connectivity index (χ2v) is 5.31. The largest absolute Gasteiger partial charge is 0.330 e. The number of benzene rings is 1. The molecule has 1 aromatic carbocycles. The van der Waals surface area contributed by atoms with Crippen molar-refractivity contribution in [3.63, 3.8) is 0 Å². The third kappa shape index (κ3) is 2.73. The molecular weight excluding hydrogens is 302 g/mol. The van der Waals surface area contributed by atoms with Crippen LogP contribution in [0.3, 0.4) is 0 Å². The standard InChI is InChI=1S/C15H16BrN3/c1-2-14(18)15(12-7-3-4-8-13(12)16)19-9-5-6-11(19)10-17/h3-9,14-15H,2,18H2,1H3. The fourth-order valence-corrected chi connectivity index (χ4v) is 2.78. The van der Waals surface area contributed by atoms with Gasteiger partial charge in [0.05, 0.1) is 6.04 Å². The molecule has 0 bridgehead atoms. The molecule has 1 aromatic heterocycles. The summed E-state index contributed by atoms with van der Waals surface area (Å²) in [6.45, 7) is 2.06. The minimum atomic E-state index is -0.0433. The zero-order valence-corrected chi connectivity index (χ0v) is 12.3. The first-order chi connectivity index (χ1) is 9.19. The van der Waals surface area contributed by atoms with Crippen molar-refractivity contribution < 1.29 is 0 Å². The second-order valence-electron chi connectivity index (χ2n) is 4.45. The summed E-state index contributed by atoms with van der Waals surface area (Å²) in [5, 5.41) is 9.20. The maximum absolute atomic E-state index is 9.20. The first-order valence-electron chi connectivity index (χ1n) is 6.26. The maximum atomic E-state index is 9.20. The van der Waals surface area contributed by atoms with Gasteiger partial charge in [-0.2, -0.15) is 5.26 Å². The topological polar surface area (TPSA) is 54.7 Å². The van der Waals surface area contributed by atoms with Gasteiger partial charge in [0.15, 0.2) is 0 Å². The highest BCUT2D eigenvalue weighted by atomic mass is 79.9. The van der Waals surface area contributed by atoms with Crippen LogP contribution in [0, 0.1) is 11.3 Å². The summed E-state index contributed by atoms with van der Waals surface area (Å²) in [7, 11) is 0. The van der Waals surface area contributed by atoms with Gasteiger partial charge in [0.25, 0.3) is 0 Å². The molecule has 19 heavy (non-hydrogen) atoms. The number of nitrogens with two attached hydrogens (primary N) is 1. The zero-order chi connectivity index (χ0) is 13.8. The van der Waals surface area contributed by atoms with Crippen LogP contribution in [0.25, 0.3) is 0 Å². The average Bonchev–Trinajstić information content (AvgIpc) is 2.89. The molecule has 0 radical (unpaired) electrons. The van der Waals surface area contributed by atoms with E-state index in [2.05, 4.69) is 28.9 Å². The van der Waals surface area contributed by atoms with Gasteiger partial charge in [-0.15, -0.1) is 0 Å². The van der Waals surface area contributed by atoms with E-state index in [-0.39, 0.29) is 12.1 Å². The van der Waals surface area contributed by atoms with Gasteiger partial charge in [-0.1, -0.05) is 41.1 Å². The van der Waals surface area contributed by atoms with E-state index < -0.39 is 0 Å². The third-order valence-corrected chi connectivity index (χ3v) is 4.02. The summed E-state index contributed by atoms with van der Waals surface area (Å²) >= 11 is 3.57. The van der Waals surface area contributed by atoms with Crippen molar-refractivity contribution in [1.29, 1.82) is 5.26 Å². The van der Waals surface area contributed by atoms with E-state index in [0.717, 1.165) is 16.5 Å². The predicted octanol–water partition coefficient (Wildman–Crippen LogP) is 3.45. The molecule has 0 aliphatic carbocycles. The Morgan fingerprint density at radius 2 is 2.05 bits per heavy atom. The van der Waals surface area contributed by atoms with Crippen LogP contribution in [0.15, 0.2) is 47.1 Å². The maximum Gasteiger partial charge on any atom is 0.120 e. The lowest BCUT2D eigenvalue weighted by molar-refractivity contribution is 0.456. The molecule has 0 saturated heterocycles. The van der Waals surface area contributed by atoms with Gasteiger partial charge in [0, 0.05) is 16.7 Å². The van der Waals surface area contributed by atoms with Gasteiger partial charge in [-0.25, -0.2) is 0 Å². The normalized spacial score (nSPS) is 13.8. The summed E-state index contributed by atoms with van der Waals surface area (Å²) in [6, 6.07) is 13.8. The molecule has 0 saturated carbocycles. The lowest BCUT2D eigenvalue weighted by atomic mass is 9.97. The molecule has 0 spiro atoms. The van der Waals surface area contributed by atoms with Crippen molar-refractivity contribution in [3.8, 4) is 6.07 Å². The Bertz CT molecular complexity index is 595. The van der Waals surface area contributed by atoms with E-state index in [1.165, 1.54) is 0 Å². The van der Waals surface area contributed by atoms with Crippen molar-refractivity contribution >= 4 is 15.9 Å².